The topological polar surface area (TPSA) is 123 Å². The largest absolute Gasteiger partial charge is 0.506 e. The number of hydrogen-bond acceptors (Lipinski definition) is 12. The van der Waals surface area contributed by atoms with E-state index in [2.05, 4.69) is 83.1 Å². The Bertz CT molecular complexity index is 2120. The van der Waals surface area contributed by atoms with Gasteiger partial charge in [0.05, 0.1) is 52.4 Å². The second-order valence-corrected chi connectivity index (χ2v) is 23.0. The number of carbonyl (C=O) groups is 2. The quantitative estimate of drug-likeness (QED) is 0.111. The van der Waals surface area contributed by atoms with Crippen molar-refractivity contribution in [2.24, 2.45) is 0 Å². The summed E-state index contributed by atoms with van der Waals surface area (Å²) in [6.07, 6.45) is -1.76. The lowest BCUT2D eigenvalue weighted by Gasteiger charge is -2.27. The predicted octanol–water partition coefficient (Wildman–Crippen LogP) is 12.8. The minimum absolute atomic E-state index is 0.00110. The highest BCUT2D eigenvalue weighted by molar-refractivity contribution is 8.01. The molecule has 0 spiro atoms. The number of phenols is 3. The third-order valence-corrected chi connectivity index (χ3v) is 14.0. The van der Waals surface area contributed by atoms with Gasteiger partial charge in [-0.05, 0) is 106 Å². The summed E-state index contributed by atoms with van der Waals surface area (Å²) in [4.78, 5) is 31.2. The molecule has 0 fully saturated rings. The predicted molar refractivity (Wildman–Crippen MR) is 240 cm³/mol. The third kappa shape index (κ3) is 10.7. The second kappa shape index (κ2) is 17.4. The first-order valence-corrected chi connectivity index (χ1v) is 23.0. The van der Waals surface area contributed by atoms with Gasteiger partial charge in [-0.25, -0.2) is 9.59 Å². The van der Waals surface area contributed by atoms with E-state index in [4.69, 9.17) is 14.2 Å². The average Bonchev–Trinajstić information content (AvgIpc) is 3.10. The Balaban J connectivity index is 1.95. The van der Waals surface area contributed by atoms with Crippen LogP contribution in [0.25, 0.3) is 0 Å². The van der Waals surface area contributed by atoms with Gasteiger partial charge < -0.3 is 29.5 Å². The summed E-state index contributed by atoms with van der Waals surface area (Å²) in [6, 6.07) is 15.6. The van der Waals surface area contributed by atoms with E-state index in [-0.39, 0.29) is 57.9 Å². The van der Waals surface area contributed by atoms with E-state index >= 15 is 0 Å². The fraction of sp³-hybridized carbons (Fsp3) is 0.447. The van der Waals surface area contributed by atoms with E-state index < -0.39 is 18.0 Å². The summed E-state index contributed by atoms with van der Waals surface area (Å²) >= 11 is 5.03. The maximum absolute atomic E-state index is 13.5. The Morgan fingerprint density at radius 2 is 0.678 bits per heavy atom. The zero-order valence-electron chi connectivity index (χ0n) is 36.6. The number of fused-ring (bicyclic) bond motifs is 8. The van der Waals surface area contributed by atoms with Crippen molar-refractivity contribution in [3.05, 3.63) is 70.8 Å². The molecule has 4 aromatic carbocycles. The van der Waals surface area contributed by atoms with E-state index in [0.29, 0.717) is 39.2 Å². The molecule has 1 heterocycles. The maximum Gasteiger partial charge on any atom is 0.359 e. The van der Waals surface area contributed by atoms with Crippen LogP contribution in [0, 0.1) is 0 Å². The highest BCUT2D eigenvalue weighted by atomic mass is 32.2. The van der Waals surface area contributed by atoms with Gasteiger partial charge in [0.2, 0.25) is 0 Å². The van der Waals surface area contributed by atoms with Crippen molar-refractivity contribution in [1.82, 2.24) is 0 Å². The summed E-state index contributed by atoms with van der Waals surface area (Å²) < 4.78 is 17.2. The maximum atomic E-state index is 13.5. The summed E-state index contributed by atoms with van der Waals surface area (Å²) in [7, 11) is 0. The van der Waals surface area contributed by atoms with Crippen LogP contribution in [0.2, 0.25) is 0 Å². The lowest BCUT2D eigenvalue weighted by atomic mass is 9.87. The second-order valence-electron chi connectivity index (χ2n) is 18.7. The Morgan fingerprint density at radius 3 is 0.898 bits per heavy atom. The van der Waals surface area contributed by atoms with Gasteiger partial charge in [0, 0.05) is 0 Å². The minimum atomic E-state index is -1.76. The molecule has 0 saturated carbocycles. The first kappa shape index (κ1) is 46.5. The van der Waals surface area contributed by atoms with Crippen LogP contribution >= 0.6 is 47.0 Å². The lowest BCUT2D eigenvalue weighted by Crippen LogP contribution is -2.39. The van der Waals surface area contributed by atoms with Crippen LogP contribution in [0.1, 0.15) is 119 Å². The molecule has 0 saturated heterocycles. The molecule has 0 radical (unpaired) electrons. The fourth-order valence-electron chi connectivity index (χ4n) is 6.01. The van der Waals surface area contributed by atoms with E-state index in [1.165, 1.54) is 47.0 Å². The van der Waals surface area contributed by atoms with Gasteiger partial charge in [-0.1, -0.05) is 130 Å². The molecule has 12 heteroatoms. The molecule has 59 heavy (non-hydrogen) atoms. The van der Waals surface area contributed by atoms with E-state index in [0.717, 1.165) is 22.3 Å². The molecule has 318 valence electrons. The molecule has 0 amide bonds. The number of ether oxygens (including phenoxy) is 3. The van der Waals surface area contributed by atoms with Crippen molar-refractivity contribution >= 4 is 59.0 Å². The zero-order valence-corrected chi connectivity index (χ0v) is 39.9. The number of phenolic OH excluding ortho intramolecular Hbond substituents is 3. The molecule has 4 aromatic rings. The smallest absolute Gasteiger partial charge is 0.359 e. The summed E-state index contributed by atoms with van der Waals surface area (Å²) in [5.74, 6) is -1.56. The Morgan fingerprint density at radius 1 is 0.458 bits per heavy atom. The minimum Gasteiger partial charge on any atom is -0.506 e. The van der Waals surface area contributed by atoms with Crippen LogP contribution < -0.4 is 4.74 Å². The van der Waals surface area contributed by atoms with E-state index in [1.807, 2.05) is 48.5 Å². The number of esters is 2. The Kier molecular flexibility index (Phi) is 13.7. The van der Waals surface area contributed by atoms with Crippen molar-refractivity contribution in [3.8, 4) is 23.0 Å². The first-order valence-electron chi connectivity index (χ1n) is 19.7. The third-order valence-electron chi connectivity index (χ3n) is 9.72. The molecule has 0 aliphatic carbocycles. The average molecular weight is 879 g/mol. The molecular formula is C47H58O8S4. The molecule has 5 rings (SSSR count). The number of aromatic hydroxyl groups is 3. The summed E-state index contributed by atoms with van der Waals surface area (Å²) in [6.45, 7) is 28.5. The van der Waals surface area contributed by atoms with E-state index in [1.54, 1.807) is 13.8 Å². The molecule has 3 N–H and O–H groups in total. The van der Waals surface area contributed by atoms with Gasteiger partial charge >= 0.3 is 11.9 Å². The Labute approximate surface area is 367 Å². The molecule has 0 aromatic heterocycles. The standard InChI is InChI=1S/C47H58O8S4/c1-15-53-42(51)41(43(52)54-16-2)55-40-35-23-28(47(12,13)14)24-36(40)59-34-22-27(46(9,10)11)20-32(39(34)50)57-30-18-25(44(3,4)5)17-29(37(30)48)56-31-19-26(45(6,7)8)21-33(58-35)38(31)49/h17-24,41,48-50H,15-16H2,1-14H3. The molecule has 1 aliphatic heterocycles. The van der Waals surface area contributed by atoms with Gasteiger partial charge in [0.1, 0.15) is 23.0 Å². The molecule has 0 unspecified atom stereocenters. The SMILES string of the molecule is CCOC(=O)C(Oc1c2cc(C(C)(C)C)cc1Sc1cc(C(C)(C)C)cc(c1O)Sc1cc(C(C)(C)C)cc(c1O)Sc1cc(C(C)(C)C)cc(c1O)S2)C(=O)OCC. The fourth-order valence-corrected chi connectivity index (χ4v) is 10.4. The molecule has 0 atom stereocenters. The highest BCUT2D eigenvalue weighted by Crippen LogP contribution is 2.55. The summed E-state index contributed by atoms with van der Waals surface area (Å²) in [5.41, 5.74) is 2.42. The normalized spacial score (nSPS) is 13.6. The van der Waals surface area contributed by atoms with Crippen LogP contribution in [0.4, 0.5) is 0 Å². The van der Waals surface area contributed by atoms with Crippen LogP contribution in [0.5, 0.6) is 23.0 Å². The van der Waals surface area contributed by atoms with Crippen LogP contribution in [-0.4, -0.2) is 46.6 Å². The van der Waals surface area contributed by atoms with Crippen molar-refractivity contribution < 1.29 is 39.1 Å². The van der Waals surface area contributed by atoms with Crippen LogP contribution in [0.3, 0.4) is 0 Å². The molecule has 8 nitrogen and oxygen atoms in total. The van der Waals surface area contributed by atoms with Crippen molar-refractivity contribution in [3.63, 3.8) is 0 Å². The van der Waals surface area contributed by atoms with E-state index in [9.17, 15) is 24.9 Å². The van der Waals surface area contributed by atoms with Gasteiger partial charge in [-0.2, -0.15) is 0 Å². The molecular weight excluding hydrogens is 821 g/mol. The molecule has 8 bridgehead atoms. The molecule has 1 aliphatic rings. The first-order chi connectivity index (χ1) is 27.2. The number of benzene rings is 4. The summed E-state index contributed by atoms with van der Waals surface area (Å²) in [5, 5.41) is 36.5. The van der Waals surface area contributed by atoms with Gasteiger partial charge in [-0.15, -0.1) is 0 Å². The van der Waals surface area contributed by atoms with Gasteiger partial charge in [0.15, 0.2) is 0 Å². The van der Waals surface area contributed by atoms with Crippen LogP contribution in [0.15, 0.2) is 87.7 Å². The number of carbonyl (C=O) groups excluding carboxylic acids is 2. The van der Waals surface area contributed by atoms with Crippen molar-refractivity contribution in [1.29, 1.82) is 0 Å². The number of hydrogen-bond donors (Lipinski definition) is 3. The van der Waals surface area contributed by atoms with Gasteiger partial charge in [-0.3, -0.25) is 0 Å². The zero-order chi connectivity index (χ0) is 44.0. The van der Waals surface area contributed by atoms with Gasteiger partial charge in [0.25, 0.3) is 6.10 Å². The van der Waals surface area contributed by atoms with Crippen molar-refractivity contribution in [2.45, 2.75) is 164 Å². The lowest BCUT2D eigenvalue weighted by molar-refractivity contribution is -0.166. The Hall–Kier alpha value is -3.58. The monoisotopic (exact) mass is 878 g/mol. The van der Waals surface area contributed by atoms with Crippen LogP contribution in [-0.2, 0) is 40.7 Å². The van der Waals surface area contributed by atoms with Crippen molar-refractivity contribution in [2.75, 3.05) is 13.2 Å². The highest BCUT2D eigenvalue weighted by Gasteiger charge is 2.36. The number of rotatable bonds is 6.